The fourth-order valence-corrected chi connectivity index (χ4v) is 1.04. The molecule has 0 atom stereocenters. The molecule has 0 fully saturated rings. The van der Waals surface area contributed by atoms with Crippen molar-refractivity contribution in [3.05, 3.63) is 23.9 Å². The van der Waals surface area contributed by atoms with Gasteiger partial charge in [0.15, 0.2) is 0 Å². The van der Waals surface area contributed by atoms with Crippen LogP contribution in [0.4, 0.5) is 0 Å². The quantitative estimate of drug-likeness (QED) is 0.412. The van der Waals surface area contributed by atoms with Gasteiger partial charge in [0.2, 0.25) is 5.88 Å². The summed E-state index contributed by atoms with van der Waals surface area (Å²) in [6.45, 7) is 1.20. The molecule has 0 aliphatic heterocycles. The predicted molar refractivity (Wildman–Crippen MR) is 57.2 cm³/mol. The van der Waals surface area contributed by atoms with Crippen LogP contribution < -0.4 is 10.5 Å². The molecule has 1 aromatic rings. The maximum Gasteiger partial charge on any atom is 0.213 e. The molecule has 0 saturated carbocycles. The van der Waals surface area contributed by atoms with Crippen LogP contribution in [0.3, 0.4) is 0 Å². The van der Waals surface area contributed by atoms with Gasteiger partial charge >= 0.3 is 0 Å². The summed E-state index contributed by atoms with van der Waals surface area (Å²) in [4.78, 5) is 4.00. The highest BCUT2D eigenvalue weighted by Crippen LogP contribution is 2.08. The van der Waals surface area contributed by atoms with E-state index in [1.165, 1.54) is 0 Å². The molecule has 0 amide bonds. The van der Waals surface area contributed by atoms with Gasteiger partial charge in [-0.25, -0.2) is 4.98 Å². The normalized spacial score (nSPS) is 9.93. The molecule has 0 saturated heterocycles. The Morgan fingerprint density at radius 2 is 2.33 bits per heavy atom. The van der Waals surface area contributed by atoms with Crippen molar-refractivity contribution in [2.24, 2.45) is 5.73 Å². The largest absolute Gasteiger partial charge is 0.478 e. The number of rotatable bonds is 6. The van der Waals surface area contributed by atoms with Gasteiger partial charge in [0.05, 0.1) is 6.61 Å². The van der Waals surface area contributed by atoms with E-state index in [0.717, 1.165) is 6.42 Å². The standard InChI is InChI=1S/C10H15N3O2/c1-14-5-2-6-15-9-7-8(10(11)12)3-4-13-9/h3-4,7H,2,5-6H2,1H3,(H3,11,12). The summed E-state index contributed by atoms with van der Waals surface area (Å²) >= 11 is 0. The summed E-state index contributed by atoms with van der Waals surface area (Å²) in [5.41, 5.74) is 5.96. The van der Waals surface area contributed by atoms with Crippen LogP contribution in [0.15, 0.2) is 18.3 Å². The van der Waals surface area contributed by atoms with Gasteiger partial charge in [-0.2, -0.15) is 0 Å². The number of nitrogens with one attached hydrogen (secondary N) is 1. The van der Waals surface area contributed by atoms with Crippen LogP contribution in [0.25, 0.3) is 0 Å². The van der Waals surface area contributed by atoms with E-state index in [1.54, 1.807) is 25.4 Å². The monoisotopic (exact) mass is 209 g/mol. The van der Waals surface area contributed by atoms with Crippen molar-refractivity contribution in [1.29, 1.82) is 5.41 Å². The van der Waals surface area contributed by atoms with Gasteiger partial charge in [0.25, 0.3) is 0 Å². The van der Waals surface area contributed by atoms with Gasteiger partial charge in [-0.15, -0.1) is 0 Å². The van der Waals surface area contributed by atoms with Crippen LogP contribution in [0, 0.1) is 5.41 Å². The minimum atomic E-state index is 0.0131. The lowest BCUT2D eigenvalue weighted by Gasteiger charge is -2.05. The number of nitrogens with zero attached hydrogens (tertiary/aromatic N) is 1. The second-order valence-electron chi connectivity index (χ2n) is 2.99. The molecule has 82 valence electrons. The molecule has 3 N–H and O–H groups in total. The first-order valence-electron chi connectivity index (χ1n) is 4.66. The van der Waals surface area contributed by atoms with Gasteiger partial charge in [0, 0.05) is 38.0 Å². The van der Waals surface area contributed by atoms with E-state index >= 15 is 0 Å². The van der Waals surface area contributed by atoms with E-state index < -0.39 is 0 Å². The Balaban J connectivity index is 2.47. The Morgan fingerprint density at radius 1 is 1.53 bits per heavy atom. The molecular formula is C10H15N3O2. The highest BCUT2D eigenvalue weighted by molar-refractivity contribution is 5.95. The van der Waals surface area contributed by atoms with Gasteiger partial charge in [-0.3, -0.25) is 5.41 Å². The van der Waals surface area contributed by atoms with Crippen molar-refractivity contribution in [3.8, 4) is 5.88 Å². The number of pyridine rings is 1. The minimum absolute atomic E-state index is 0.0131. The second-order valence-corrected chi connectivity index (χ2v) is 2.99. The Morgan fingerprint density at radius 3 is 3.00 bits per heavy atom. The molecule has 0 spiro atoms. The topological polar surface area (TPSA) is 81.2 Å². The summed E-state index contributed by atoms with van der Waals surface area (Å²) < 4.78 is 10.2. The fraction of sp³-hybridized carbons (Fsp3) is 0.400. The van der Waals surface area contributed by atoms with Crippen LogP contribution in [0.1, 0.15) is 12.0 Å². The molecule has 0 aliphatic rings. The molecule has 5 heteroatoms. The Labute approximate surface area is 88.7 Å². The van der Waals surface area contributed by atoms with Crippen molar-refractivity contribution in [3.63, 3.8) is 0 Å². The van der Waals surface area contributed by atoms with E-state index in [0.29, 0.717) is 24.7 Å². The first-order chi connectivity index (χ1) is 7.24. The average molecular weight is 209 g/mol. The number of nitrogens with two attached hydrogens (primary N) is 1. The molecular weight excluding hydrogens is 194 g/mol. The van der Waals surface area contributed by atoms with Crippen LogP contribution in [0.2, 0.25) is 0 Å². The van der Waals surface area contributed by atoms with E-state index in [-0.39, 0.29) is 5.84 Å². The van der Waals surface area contributed by atoms with Crippen molar-refractivity contribution >= 4 is 5.84 Å². The third kappa shape index (κ3) is 3.95. The third-order valence-electron chi connectivity index (χ3n) is 1.79. The third-order valence-corrected chi connectivity index (χ3v) is 1.79. The van der Waals surface area contributed by atoms with Crippen LogP contribution in [-0.2, 0) is 4.74 Å². The maximum atomic E-state index is 7.25. The average Bonchev–Trinajstić information content (AvgIpc) is 2.25. The number of methoxy groups -OCH3 is 1. The van der Waals surface area contributed by atoms with E-state index in [2.05, 4.69) is 4.98 Å². The van der Waals surface area contributed by atoms with Crippen LogP contribution in [-0.4, -0.2) is 31.1 Å². The van der Waals surface area contributed by atoms with Gasteiger partial charge in [-0.1, -0.05) is 0 Å². The zero-order valence-electron chi connectivity index (χ0n) is 8.69. The van der Waals surface area contributed by atoms with Crippen molar-refractivity contribution in [2.75, 3.05) is 20.3 Å². The molecule has 0 bridgehead atoms. The molecule has 1 aromatic heterocycles. The van der Waals surface area contributed by atoms with Crippen LogP contribution >= 0.6 is 0 Å². The molecule has 0 radical (unpaired) electrons. The number of ether oxygens (including phenoxy) is 2. The van der Waals surface area contributed by atoms with E-state index in [1.807, 2.05) is 0 Å². The lowest BCUT2D eigenvalue weighted by atomic mass is 10.2. The van der Waals surface area contributed by atoms with Crippen molar-refractivity contribution in [1.82, 2.24) is 4.98 Å². The SMILES string of the molecule is COCCCOc1cc(C(=N)N)ccn1. The maximum absolute atomic E-state index is 7.25. The number of amidine groups is 1. The Kier molecular flexibility index (Phi) is 4.56. The first-order valence-corrected chi connectivity index (χ1v) is 4.66. The molecule has 5 nitrogen and oxygen atoms in total. The number of hydrogen-bond donors (Lipinski definition) is 2. The summed E-state index contributed by atoms with van der Waals surface area (Å²) in [7, 11) is 1.65. The van der Waals surface area contributed by atoms with E-state index in [4.69, 9.17) is 20.6 Å². The zero-order chi connectivity index (χ0) is 11.1. The summed E-state index contributed by atoms with van der Waals surface area (Å²) in [5, 5.41) is 7.25. The summed E-state index contributed by atoms with van der Waals surface area (Å²) in [6, 6.07) is 3.32. The number of hydrogen-bond acceptors (Lipinski definition) is 4. The highest BCUT2D eigenvalue weighted by Gasteiger charge is 2.00. The molecule has 0 aromatic carbocycles. The number of nitrogen functional groups attached to an aromatic ring is 1. The zero-order valence-corrected chi connectivity index (χ0v) is 8.69. The smallest absolute Gasteiger partial charge is 0.213 e. The Bertz CT molecular complexity index is 328. The van der Waals surface area contributed by atoms with E-state index in [9.17, 15) is 0 Å². The molecule has 0 aliphatic carbocycles. The fourth-order valence-electron chi connectivity index (χ4n) is 1.04. The second kappa shape index (κ2) is 5.98. The van der Waals surface area contributed by atoms with Gasteiger partial charge in [-0.05, 0) is 6.07 Å². The van der Waals surface area contributed by atoms with Crippen LogP contribution in [0.5, 0.6) is 5.88 Å². The molecule has 1 heterocycles. The minimum Gasteiger partial charge on any atom is -0.478 e. The predicted octanol–water partition coefficient (Wildman–Crippen LogP) is 0.781. The first kappa shape index (κ1) is 11.5. The van der Waals surface area contributed by atoms with Crippen molar-refractivity contribution in [2.45, 2.75) is 6.42 Å². The summed E-state index contributed by atoms with van der Waals surface area (Å²) in [5.74, 6) is 0.498. The van der Waals surface area contributed by atoms with Crippen molar-refractivity contribution < 1.29 is 9.47 Å². The molecule has 15 heavy (non-hydrogen) atoms. The number of aromatic nitrogens is 1. The van der Waals surface area contributed by atoms with Gasteiger partial charge in [0.1, 0.15) is 5.84 Å². The Hall–Kier alpha value is -1.62. The highest BCUT2D eigenvalue weighted by atomic mass is 16.5. The summed E-state index contributed by atoms with van der Waals surface area (Å²) in [6.07, 6.45) is 2.38. The lowest BCUT2D eigenvalue weighted by Crippen LogP contribution is -2.11. The lowest BCUT2D eigenvalue weighted by molar-refractivity contribution is 0.170. The molecule has 1 rings (SSSR count). The van der Waals surface area contributed by atoms with Gasteiger partial charge < -0.3 is 15.2 Å². The molecule has 0 unspecified atom stereocenters.